The van der Waals surface area contributed by atoms with Gasteiger partial charge in [-0.25, -0.2) is 14.8 Å². The Labute approximate surface area is 216 Å². The van der Waals surface area contributed by atoms with Crippen LogP contribution in [-0.2, 0) is 22.7 Å². The SMILES string of the molecule is COc1ccc(CNC(=O)N2[C@H]3CN(Cc4ccccc4Cl)C(=O)[C@H](C(C)C)N3C(=O)CN2C)cc1. The summed E-state index contributed by atoms with van der Waals surface area (Å²) in [4.78, 5) is 43.4. The van der Waals surface area contributed by atoms with Gasteiger partial charge in [0, 0.05) is 25.2 Å². The molecule has 0 unspecified atom stereocenters. The minimum absolute atomic E-state index is 0.00741. The highest BCUT2D eigenvalue weighted by molar-refractivity contribution is 6.31. The summed E-state index contributed by atoms with van der Waals surface area (Å²) in [6.07, 6.45) is -0.639. The Morgan fingerprint density at radius 3 is 2.47 bits per heavy atom. The monoisotopic (exact) mass is 513 g/mol. The zero-order chi connectivity index (χ0) is 26.0. The van der Waals surface area contributed by atoms with Crippen molar-refractivity contribution >= 4 is 29.4 Å². The van der Waals surface area contributed by atoms with Gasteiger partial charge < -0.3 is 19.9 Å². The predicted octanol–water partition coefficient (Wildman–Crippen LogP) is 2.94. The summed E-state index contributed by atoms with van der Waals surface area (Å²) in [5.74, 6) is 0.287. The molecule has 1 N–H and O–H groups in total. The van der Waals surface area contributed by atoms with Crippen LogP contribution in [0.5, 0.6) is 5.75 Å². The molecule has 2 atom stereocenters. The first-order chi connectivity index (χ1) is 17.2. The van der Waals surface area contributed by atoms with E-state index >= 15 is 0 Å². The third kappa shape index (κ3) is 5.12. The number of urea groups is 1. The normalized spacial score (nSPS) is 20.6. The van der Waals surface area contributed by atoms with Gasteiger partial charge in [-0.2, -0.15) is 0 Å². The van der Waals surface area contributed by atoms with E-state index in [-0.39, 0.29) is 36.9 Å². The van der Waals surface area contributed by atoms with Gasteiger partial charge in [0.15, 0.2) is 0 Å². The van der Waals surface area contributed by atoms with Gasteiger partial charge in [-0.15, -0.1) is 0 Å². The zero-order valence-electron chi connectivity index (χ0n) is 21.0. The van der Waals surface area contributed by atoms with Crippen molar-refractivity contribution in [2.45, 2.75) is 39.1 Å². The van der Waals surface area contributed by atoms with E-state index in [2.05, 4.69) is 5.32 Å². The van der Waals surface area contributed by atoms with Crippen LogP contribution in [0.4, 0.5) is 4.79 Å². The number of halogens is 1. The lowest BCUT2D eigenvalue weighted by Gasteiger charge is -2.55. The number of fused-ring (bicyclic) bond motifs is 1. The molecule has 0 aliphatic carbocycles. The van der Waals surface area contributed by atoms with Gasteiger partial charge in [-0.05, 0) is 35.2 Å². The first kappa shape index (κ1) is 25.8. The zero-order valence-corrected chi connectivity index (χ0v) is 21.7. The second-order valence-electron chi connectivity index (χ2n) is 9.45. The molecule has 2 aromatic carbocycles. The van der Waals surface area contributed by atoms with Crippen molar-refractivity contribution in [3.8, 4) is 5.75 Å². The molecule has 2 aliphatic rings. The van der Waals surface area contributed by atoms with E-state index in [1.165, 1.54) is 0 Å². The standard InChI is InChI=1S/C26H32ClN5O4/c1-17(2)24-25(34)30(14-19-7-5-6-8-21(19)27)15-22-31(24)23(33)16-29(3)32(22)26(35)28-13-18-9-11-20(36-4)12-10-18/h5-12,17,22,24H,13-16H2,1-4H3,(H,28,35)/t22-,24-/m0/s1. The fraction of sp³-hybridized carbons (Fsp3) is 0.423. The van der Waals surface area contributed by atoms with Gasteiger partial charge in [0.25, 0.3) is 0 Å². The van der Waals surface area contributed by atoms with Crippen LogP contribution in [0, 0.1) is 5.92 Å². The molecule has 2 fully saturated rings. The van der Waals surface area contributed by atoms with Gasteiger partial charge in [-0.3, -0.25) is 9.59 Å². The van der Waals surface area contributed by atoms with Crippen molar-refractivity contribution in [3.05, 3.63) is 64.7 Å². The van der Waals surface area contributed by atoms with Crippen LogP contribution in [0.15, 0.2) is 48.5 Å². The van der Waals surface area contributed by atoms with E-state index in [0.29, 0.717) is 18.1 Å². The van der Waals surface area contributed by atoms with Crippen molar-refractivity contribution in [3.63, 3.8) is 0 Å². The van der Waals surface area contributed by atoms with Crippen molar-refractivity contribution in [2.75, 3.05) is 27.2 Å². The fourth-order valence-electron chi connectivity index (χ4n) is 4.84. The second kappa shape index (κ2) is 10.8. The molecule has 10 heteroatoms. The molecule has 0 saturated carbocycles. The summed E-state index contributed by atoms with van der Waals surface area (Å²) in [5.41, 5.74) is 1.73. The number of likely N-dealkylation sites (N-methyl/N-ethyl adjacent to an activating group) is 1. The predicted molar refractivity (Wildman–Crippen MR) is 136 cm³/mol. The molecule has 2 heterocycles. The summed E-state index contributed by atoms with van der Waals surface area (Å²) in [6.45, 7) is 4.62. The van der Waals surface area contributed by atoms with E-state index in [1.807, 2.05) is 56.3 Å². The molecule has 2 aliphatic heterocycles. The van der Waals surface area contributed by atoms with Crippen LogP contribution in [0.1, 0.15) is 25.0 Å². The number of nitrogens with one attached hydrogen (secondary N) is 1. The van der Waals surface area contributed by atoms with Crippen LogP contribution in [0.25, 0.3) is 0 Å². The number of rotatable bonds is 6. The molecule has 0 bridgehead atoms. The molecular weight excluding hydrogens is 482 g/mol. The minimum Gasteiger partial charge on any atom is -0.497 e. The number of amides is 4. The van der Waals surface area contributed by atoms with Crippen LogP contribution in [0.2, 0.25) is 5.02 Å². The third-order valence-electron chi connectivity index (χ3n) is 6.63. The Balaban J connectivity index is 1.59. The van der Waals surface area contributed by atoms with E-state index in [4.69, 9.17) is 16.3 Å². The van der Waals surface area contributed by atoms with Crippen molar-refractivity contribution in [2.24, 2.45) is 5.92 Å². The number of hydrogen-bond acceptors (Lipinski definition) is 5. The largest absolute Gasteiger partial charge is 0.497 e. The maximum atomic E-state index is 13.6. The Kier molecular flexibility index (Phi) is 7.70. The minimum atomic E-state index is -0.677. The molecule has 4 amide bonds. The quantitative estimate of drug-likeness (QED) is 0.642. The Hall–Kier alpha value is -3.30. The van der Waals surface area contributed by atoms with Crippen molar-refractivity contribution in [1.29, 1.82) is 0 Å². The Morgan fingerprint density at radius 1 is 1.14 bits per heavy atom. The number of benzene rings is 2. The number of ether oxygens (including phenoxy) is 1. The lowest BCUT2D eigenvalue weighted by Crippen LogP contribution is -2.76. The van der Waals surface area contributed by atoms with Gasteiger partial charge in [0.1, 0.15) is 18.0 Å². The number of methoxy groups -OCH3 is 1. The van der Waals surface area contributed by atoms with Crippen LogP contribution in [0.3, 0.4) is 0 Å². The molecule has 9 nitrogen and oxygen atoms in total. The number of carbonyl (C=O) groups excluding carboxylic acids is 3. The number of carbonyl (C=O) groups is 3. The van der Waals surface area contributed by atoms with E-state index in [9.17, 15) is 14.4 Å². The summed E-state index contributed by atoms with van der Waals surface area (Å²) >= 11 is 6.38. The van der Waals surface area contributed by atoms with E-state index in [1.54, 1.807) is 40.0 Å². The number of piperazine rings is 1. The summed E-state index contributed by atoms with van der Waals surface area (Å²) in [7, 11) is 3.31. The molecule has 192 valence electrons. The van der Waals surface area contributed by atoms with Gasteiger partial charge in [0.2, 0.25) is 11.8 Å². The first-order valence-electron chi connectivity index (χ1n) is 12.0. The molecular formula is C26H32ClN5O4. The fourth-order valence-corrected chi connectivity index (χ4v) is 5.03. The number of hydrazine groups is 1. The lowest BCUT2D eigenvalue weighted by atomic mass is 9.96. The van der Waals surface area contributed by atoms with E-state index in [0.717, 1.165) is 16.9 Å². The van der Waals surface area contributed by atoms with Gasteiger partial charge in [0.05, 0.1) is 20.2 Å². The molecule has 2 saturated heterocycles. The second-order valence-corrected chi connectivity index (χ2v) is 9.85. The summed E-state index contributed by atoms with van der Waals surface area (Å²) in [5, 5.41) is 6.69. The molecule has 0 spiro atoms. The third-order valence-corrected chi connectivity index (χ3v) is 7.00. The molecule has 4 rings (SSSR count). The highest BCUT2D eigenvalue weighted by Gasteiger charge is 2.51. The molecule has 2 aromatic rings. The van der Waals surface area contributed by atoms with Crippen LogP contribution in [-0.4, -0.2) is 77.1 Å². The Morgan fingerprint density at radius 2 is 1.83 bits per heavy atom. The summed E-state index contributed by atoms with van der Waals surface area (Å²) in [6, 6.07) is 13.8. The van der Waals surface area contributed by atoms with Crippen molar-refractivity contribution in [1.82, 2.24) is 25.1 Å². The average Bonchev–Trinajstić information content (AvgIpc) is 2.85. The summed E-state index contributed by atoms with van der Waals surface area (Å²) < 4.78 is 5.19. The topological polar surface area (TPSA) is 85.4 Å². The Bertz CT molecular complexity index is 1130. The maximum absolute atomic E-state index is 13.6. The first-order valence-corrected chi connectivity index (χ1v) is 12.3. The smallest absolute Gasteiger partial charge is 0.334 e. The van der Waals surface area contributed by atoms with Crippen LogP contribution >= 0.6 is 11.6 Å². The maximum Gasteiger partial charge on any atom is 0.334 e. The highest BCUT2D eigenvalue weighted by Crippen LogP contribution is 2.30. The van der Waals surface area contributed by atoms with Gasteiger partial charge >= 0.3 is 6.03 Å². The van der Waals surface area contributed by atoms with Gasteiger partial charge in [-0.1, -0.05) is 55.8 Å². The number of nitrogens with zero attached hydrogens (tertiary/aromatic N) is 4. The van der Waals surface area contributed by atoms with E-state index < -0.39 is 12.2 Å². The molecule has 0 aromatic heterocycles. The average molecular weight is 514 g/mol. The van der Waals surface area contributed by atoms with Crippen LogP contribution < -0.4 is 10.1 Å². The molecule has 36 heavy (non-hydrogen) atoms. The number of hydrogen-bond donors (Lipinski definition) is 1. The van der Waals surface area contributed by atoms with Crippen molar-refractivity contribution < 1.29 is 19.1 Å². The molecule has 0 radical (unpaired) electrons. The highest BCUT2D eigenvalue weighted by atomic mass is 35.5. The lowest BCUT2D eigenvalue weighted by molar-refractivity contribution is -0.190.